The van der Waals surface area contributed by atoms with Crippen LogP contribution in [0.4, 0.5) is 0 Å². The highest BCUT2D eigenvalue weighted by Gasteiger charge is 2.71. The Bertz CT molecular complexity index is 1020. The summed E-state index contributed by atoms with van der Waals surface area (Å²) in [7, 11) is 0. The summed E-state index contributed by atoms with van der Waals surface area (Å²) in [5.74, 6) is -1.75. The van der Waals surface area contributed by atoms with E-state index in [1.54, 1.807) is 24.3 Å². The predicted molar refractivity (Wildman–Crippen MR) is 118 cm³/mol. The Hall–Kier alpha value is -1.97. The van der Waals surface area contributed by atoms with Crippen molar-refractivity contribution in [3.05, 3.63) is 76.2 Å². The molecule has 2 aromatic rings. The summed E-state index contributed by atoms with van der Waals surface area (Å²) in [5.41, 5.74) is -1.17. The van der Waals surface area contributed by atoms with E-state index in [-0.39, 0.29) is 21.0 Å². The zero-order chi connectivity index (χ0) is 21.3. The molecule has 0 N–H and O–H groups in total. The molecular formula is C23H20INO5. The highest BCUT2D eigenvalue weighted by atomic mass is 127. The maximum absolute atomic E-state index is 13.6. The molecule has 5 atom stereocenters. The summed E-state index contributed by atoms with van der Waals surface area (Å²) in [4.78, 5) is 39.4. The topological polar surface area (TPSA) is 82.0 Å². The summed E-state index contributed by atoms with van der Waals surface area (Å²) in [6, 6.07) is 14.9. The van der Waals surface area contributed by atoms with E-state index in [0.29, 0.717) is 0 Å². The van der Waals surface area contributed by atoms with Gasteiger partial charge in [-0.25, -0.2) is 0 Å². The summed E-state index contributed by atoms with van der Waals surface area (Å²) in [5, 5.41) is 3.39. The molecule has 30 heavy (non-hydrogen) atoms. The summed E-state index contributed by atoms with van der Waals surface area (Å²) >= 11 is 2.32. The fourth-order valence-corrected chi connectivity index (χ4v) is 6.13. The van der Waals surface area contributed by atoms with Crippen LogP contribution in [0.5, 0.6) is 0 Å². The van der Waals surface area contributed by atoms with Crippen LogP contribution < -0.4 is 0 Å². The highest BCUT2D eigenvalue weighted by Crippen LogP contribution is 2.57. The lowest BCUT2D eigenvalue weighted by molar-refractivity contribution is -0.229. The Balaban J connectivity index is 1.73. The van der Waals surface area contributed by atoms with Crippen molar-refractivity contribution in [2.24, 2.45) is 11.1 Å². The first-order valence-corrected chi connectivity index (χ1v) is 11.1. The molecular weight excluding hydrogens is 497 g/mol. The molecule has 2 aromatic carbocycles. The van der Waals surface area contributed by atoms with Crippen LogP contribution in [-0.4, -0.2) is 39.0 Å². The maximum Gasteiger partial charge on any atom is 0.222 e. The number of hydrogen-bond donors (Lipinski definition) is 0. The van der Waals surface area contributed by atoms with Gasteiger partial charge in [-0.3, -0.25) is 9.59 Å². The van der Waals surface area contributed by atoms with Crippen molar-refractivity contribution in [1.82, 2.24) is 0 Å². The van der Waals surface area contributed by atoms with Crippen molar-refractivity contribution in [3.63, 3.8) is 0 Å². The Labute approximate surface area is 187 Å². The van der Waals surface area contributed by atoms with Gasteiger partial charge in [0, 0.05) is 26.9 Å². The third kappa shape index (κ3) is 2.48. The Morgan fingerprint density at radius 2 is 1.47 bits per heavy atom. The molecule has 0 bridgehead atoms. The number of nitroso groups, excluding NO2 is 1. The first kappa shape index (κ1) is 20.0. The summed E-state index contributed by atoms with van der Waals surface area (Å²) < 4.78 is 12.4. The van der Waals surface area contributed by atoms with Gasteiger partial charge in [-0.2, -0.15) is 4.91 Å². The average Bonchev–Trinajstić information content (AvgIpc) is 3.10. The van der Waals surface area contributed by atoms with E-state index in [9.17, 15) is 14.5 Å². The maximum atomic E-state index is 13.6. The number of rotatable bonds is 2. The molecule has 2 saturated heterocycles. The van der Waals surface area contributed by atoms with E-state index in [4.69, 9.17) is 9.47 Å². The van der Waals surface area contributed by atoms with Gasteiger partial charge in [0.1, 0.15) is 6.04 Å². The van der Waals surface area contributed by atoms with E-state index in [0.717, 1.165) is 5.56 Å². The van der Waals surface area contributed by atoms with Crippen molar-refractivity contribution in [1.29, 1.82) is 0 Å². The second-order valence-electron chi connectivity index (χ2n) is 8.61. The van der Waals surface area contributed by atoms with Crippen LogP contribution in [0.3, 0.4) is 0 Å². The summed E-state index contributed by atoms with van der Waals surface area (Å²) in [6.07, 6.45) is -0.799. The quantitative estimate of drug-likeness (QED) is 0.257. The van der Waals surface area contributed by atoms with Gasteiger partial charge in [0.15, 0.2) is 6.29 Å². The van der Waals surface area contributed by atoms with Gasteiger partial charge in [0.2, 0.25) is 17.2 Å². The molecule has 0 unspecified atom stereocenters. The van der Waals surface area contributed by atoms with E-state index in [2.05, 4.69) is 27.8 Å². The number of fused-ring (bicyclic) bond motifs is 2. The molecule has 2 fully saturated rings. The predicted octanol–water partition coefficient (Wildman–Crippen LogP) is 4.31. The van der Waals surface area contributed by atoms with E-state index in [1.807, 2.05) is 44.2 Å². The largest absolute Gasteiger partial charge is 0.345 e. The number of carbonyl (C=O) groups is 2. The zero-order valence-corrected chi connectivity index (χ0v) is 18.6. The molecule has 5 rings (SSSR count). The van der Waals surface area contributed by atoms with Gasteiger partial charge in [-0.15, -0.1) is 0 Å². The molecule has 1 aliphatic carbocycles. The number of halogens is 1. The van der Waals surface area contributed by atoms with Gasteiger partial charge in [0.05, 0.1) is 5.60 Å². The SMILES string of the molecule is CC1(C)O[C@@H]2OC3(C(=O)c4ccccc4C3=O)[C@@H](N=O)[C@H](c3ccccc3)[C@H]2[C@@H]1I. The first-order chi connectivity index (χ1) is 14.3. The summed E-state index contributed by atoms with van der Waals surface area (Å²) in [6.45, 7) is 3.91. The second-order valence-corrected chi connectivity index (χ2v) is 9.95. The number of Topliss-reactive ketones (excluding diaryl/α,β-unsaturated/α-hetero) is 2. The van der Waals surface area contributed by atoms with Crippen LogP contribution in [0.15, 0.2) is 59.8 Å². The number of nitrogens with zero attached hydrogens (tertiary/aromatic N) is 1. The van der Waals surface area contributed by atoms with Crippen LogP contribution in [0.2, 0.25) is 0 Å². The van der Waals surface area contributed by atoms with Gasteiger partial charge in [-0.05, 0) is 19.4 Å². The molecule has 1 spiro atoms. The molecule has 0 amide bonds. The van der Waals surface area contributed by atoms with Crippen LogP contribution in [0, 0.1) is 10.8 Å². The van der Waals surface area contributed by atoms with Crippen LogP contribution >= 0.6 is 22.6 Å². The number of ether oxygens (including phenoxy) is 2. The Kier molecular flexibility index (Phi) is 4.50. The van der Waals surface area contributed by atoms with E-state index >= 15 is 0 Å². The molecule has 6 nitrogen and oxygen atoms in total. The molecule has 2 aliphatic heterocycles. The number of ketones is 2. The monoisotopic (exact) mass is 517 g/mol. The van der Waals surface area contributed by atoms with Crippen LogP contribution in [-0.2, 0) is 9.47 Å². The molecule has 2 heterocycles. The van der Waals surface area contributed by atoms with Gasteiger partial charge in [0.25, 0.3) is 0 Å². The second kappa shape index (κ2) is 6.77. The van der Waals surface area contributed by atoms with Crippen molar-refractivity contribution >= 4 is 34.2 Å². The number of alkyl halides is 1. The van der Waals surface area contributed by atoms with Gasteiger partial charge in [-0.1, -0.05) is 82.4 Å². The fourth-order valence-electron chi connectivity index (χ4n) is 5.19. The molecule has 0 saturated carbocycles. The average molecular weight is 517 g/mol. The van der Waals surface area contributed by atoms with Crippen LogP contribution in [0.25, 0.3) is 0 Å². The lowest BCUT2D eigenvalue weighted by atomic mass is 9.68. The van der Waals surface area contributed by atoms with E-state index < -0.39 is 41.0 Å². The zero-order valence-electron chi connectivity index (χ0n) is 16.4. The number of carbonyl (C=O) groups excluding carboxylic acids is 2. The minimum atomic E-state index is -2.00. The first-order valence-electron chi connectivity index (χ1n) is 9.88. The molecule has 0 aromatic heterocycles. The number of benzene rings is 2. The standard InChI is InChI=1S/C23H20INO5/c1-22(2)17(24)16-15(12-8-4-3-5-9-12)18(25-28)23(30-21(16)29-22)19(26)13-10-6-7-11-14(13)20(23)27/h3-11,15-18,21H,1-2H3/t15-,16+,17+,18+,21-/m1/s1. The van der Waals surface area contributed by atoms with Crippen molar-refractivity contribution in [2.45, 2.75) is 47.2 Å². The van der Waals surface area contributed by atoms with Crippen molar-refractivity contribution in [3.8, 4) is 0 Å². The van der Waals surface area contributed by atoms with Crippen LogP contribution in [0.1, 0.15) is 46.0 Å². The van der Waals surface area contributed by atoms with Crippen molar-refractivity contribution in [2.75, 3.05) is 0 Å². The highest BCUT2D eigenvalue weighted by molar-refractivity contribution is 14.1. The smallest absolute Gasteiger partial charge is 0.222 e. The molecule has 3 aliphatic rings. The van der Waals surface area contributed by atoms with E-state index in [1.165, 1.54) is 0 Å². The Morgan fingerprint density at radius 1 is 0.900 bits per heavy atom. The number of hydrogen-bond acceptors (Lipinski definition) is 6. The van der Waals surface area contributed by atoms with Gasteiger partial charge >= 0.3 is 0 Å². The minimum absolute atomic E-state index is 0.0131. The third-order valence-electron chi connectivity index (χ3n) is 6.60. The lowest BCUT2D eigenvalue weighted by Crippen LogP contribution is -2.63. The fraction of sp³-hybridized carbons (Fsp3) is 0.391. The van der Waals surface area contributed by atoms with Crippen molar-refractivity contribution < 1.29 is 19.1 Å². The normalized spacial score (nSPS) is 33.4. The molecule has 0 radical (unpaired) electrons. The molecule has 7 heteroatoms. The third-order valence-corrected chi connectivity index (χ3v) is 8.93. The Morgan fingerprint density at radius 3 is 2.03 bits per heavy atom. The van der Waals surface area contributed by atoms with Gasteiger partial charge < -0.3 is 9.47 Å². The lowest BCUT2D eigenvalue weighted by Gasteiger charge is -2.46. The molecule has 154 valence electrons. The minimum Gasteiger partial charge on any atom is -0.345 e.